The van der Waals surface area contributed by atoms with E-state index < -0.39 is 12.7 Å². The van der Waals surface area contributed by atoms with Gasteiger partial charge in [-0.05, 0) is 32.4 Å². The van der Waals surface area contributed by atoms with Crippen molar-refractivity contribution >= 4 is 21.6 Å². The number of benzene rings is 1. The molecule has 0 aliphatic heterocycles. The monoisotopic (exact) mass is 323 g/mol. The Morgan fingerprint density at radius 3 is 2.33 bits per heavy atom. The Hall–Kier alpha value is -0.710. The van der Waals surface area contributed by atoms with Gasteiger partial charge < -0.3 is 4.90 Å². The minimum atomic E-state index is -4.20. The maximum absolute atomic E-state index is 12.6. The fraction of sp³-hybridized carbons (Fsp3) is 0.538. The van der Waals surface area contributed by atoms with Crippen LogP contribution in [-0.2, 0) is 5.33 Å². The van der Waals surface area contributed by atoms with Crippen molar-refractivity contribution in [2.45, 2.75) is 38.3 Å². The Morgan fingerprint density at radius 2 is 1.89 bits per heavy atom. The van der Waals surface area contributed by atoms with E-state index in [0.717, 1.165) is 11.1 Å². The highest BCUT2D eigenvalue weighted by Crippen LogP contribution is 2.29. The van der Waals surface area contributed by atoms with Crippen LogP contribution in [0, 0.1) is 6.92 Å². The molecule has 0 fully saturated rings. The number of anilines is 1. The molecule has 18 heavy (non-hydrogen) atoms. The first-order valence-corrected chi connectivity index (χ1v) is 6.85. The van der Waals surface area contributed by atoms with Crippen LogP contribution < -0.4 is 4.90 Å². The smallest absolute Gasteiger partial charge is 0.360 e. The van der Waals surface area contributed by atoms with Crippen LogP contribution in [0.2, 0.25) is 0 Å². The van der Waals surface area contributed by atoms with E-state index in [9.17, 15) is 13.2 Å². The lowest BCUT2D eigenvalue weighted by molar-refractivity contribution is -0.120. The number of hydrogen-bond donors (Lipinski definition) is 0. The van der Waals surface area contributed by atoms with Crippen molar-refractivity contribution in [1.29, 1.82) is 0 Å². The van der Waals surface area contributed by atoms with Crippen molar-refractivity contribution in [1.82, 2.24) is 0 Å². The number of rotatable bonds is 4. The maximum Gasteiger partial charge on any atom is 0.405 e. The average molecular weight is 324 g/mol. The molecule has 0 heterocycles. The Labute approximate surface area is 114 Å². The summed E-state index contributed by atoms with van der Waals surface area (Å²) < 4.78 is 37.8. The summed E-state index contributed by atoms with van der Waals surface area (Å²) >= 11 is 3.33. The molecular formula is C13H17BrF3N. The van der Waals surface area contributed by atoms with Gasteiger partial charge in [-0.1, -0.05) is 33.6 Å². The van der Waals surface area contributed by atoms with Crippen molar-refractivity contribution < 1.29 is 13.2 Å². The van der Waals surface area contributed by atoms with Crippen LogP contribution in [0.1, 0.15) is 25.0 Å². The van der Waals surface area contributed by atoms with Crippen LogP contribution in [0.5, 0.6) is 0 Å². The van der Waals surface area contributed by atoms with Crippen LogP contribution in [0.3, 0.4) is 0 Å². The van der Waals surface area contributed by atoms with Gasteiger partial charge in [-0.15, -0.1) is 0 Å². The molecular weight excluding hydrogens is 307 g/mol. The molecule has 0 atom stereocenters. The fourth-order valence-corrected chi connectivity index (χ4v) is 2.29. The second-order valence-corrected chi connectivity index (χ2v) is 5.16. The van der Waals surface area contributed by atoms with E-state index in [-0.39, 0.29) is 6.04 Å². The van der Waals surface area contributed by atoms with Gasteiger partial charge in [0.1, 0.15) is 6.54 Å². The standard InChI is InChI=1S/C13H17BrF3N/c1-9(2)18(8-13(15,16)17)12-5-4-10(3)6-11(12)7-14/h4-6,9H,7-8H2,1-3H3. The molecule has 0 bridgehead atoms. The van der Waals surface area contributed by atoms with E-state index in [2.05, 4.69) is 15.9 Å². The van der Waals surface area contributed by atoms with Gasteiger partial charge in [-0.3, -0.25) is 0 Å². The van der Waals surface area contributed by atoms with Crippen LogP contribution in [-0.4, -0.2) is 18.8 Å². The molecule has 102 valence electrons. The largest absolute Gasteiger partial charge is 0.405 e. The zero-order chi connectivity index (χ0) is 13.9. The van der Waals surface area contributed by atoms with Crippen LogP contribution in [0.4, 0.5) is 18.9 Å². The molecule has 5 heteroatoms. The predicted molar refractivity (Wildman–Crippen MR) is 72.3 cm³/mol. The third kappa shape index (κ3) is 4.19. The van der Waals surface area contributed by atoms with E-state index >= 15 is 0 Å². The molecule has 0 aliphatic carbocycles. The van der Waals surface area contributed by atoms with E-state index in [1.807, 2.05) is 19.1 Å². The topological polar surface area (TPSA) is 3.24 Å². The van der Waals surface area contributed by atoms with Gasteiger partial charge in [0.25, 0.3) is 0 Å². The van der Waals surface area contributed by atoms with Crippen molar-refractivity contribution in [3.8, 4) is 0 Å². The second kappa shape index (κ2) is 5.95. The first-order valence-electron chi connectivity index (χ1n) is 5.73. The molecule has 1 aromatic rings. The number of nitrogens with zero attached hydrogens (tertiary/aromatic N) is 1. The van der Waals surface area contributed by atoms with Crippen LogP contribution in [0.25, 0.3) is 0 Å². The van der Waals surface area contributed by atoms with E-state index in [1.165, 1.54) is 4.90 Å². The Balaban J connectivity index is 3.13. The molecule has 0 amide bonds. The third-order valence-corrected chi connectivity index (χ3v) is 3.27. The lowest BCUT2D eigenvalue weighted by Gasteiger charge is -2.31. The summed E-state index contributed by atoms with van der Waals surface area (Å²) in [6, 6.07) is 5.31. The predicted octanol–water partition coefficient (Wildman–Crippen LogP) is 4.67. The van der Waals surface area contributed by atoms with E-state index in [1.54, 1.807) is 19.9 Å². The molecule has 0 spiro atoms. The Kier molecular flexibility index (Phi) is 5.08. The van der Waals surface area contributed by atoms with Gasteiger partial charge in [0.05, 0.1) is 0 Å². The molecule has 0 saturated heterocycles. The average Bonchev–Trinajstić information content (AvgIpc) is 2.24. The van der Waals surface area contributed by atoms with Gasteiger partial charge in [-0.25, -0.2) is 0 Å². The normalized spacial score (nSPS) is 12.0. The number of halogens is 4. The molecule has 1 aromatic carbocycles. The molecule has 0 N–H and O–H groups in total. The maximum atomic E-state index is 12.6. The number of aryl methyl sites for hydroxylation is 1. The van der Waals surface area contributed by atoms with Gasteiger partial charge in [0.2, 0.25) is 0 Å². The molecule has 0 unspecified atom stereocenters. The van der Waals surface area contributed by atoms with Crippen molar-refractivity contribution in [3.63, 3.8) is 0 Å². The summed E-state index contributed by atoms with van der Waals surface area (Å²) in [7, 11) is 0. The molecule has 0 aromatic heterocycles. The van der Waals surface area contributed by atoms with E-state index in [0.29, 0.717) is 11.0 Å². The highest BCUT2D eigenvalue weighted by atomic mass is 79.9. The fourth-order valence-electron chi connectivity index (χ4n) is 1.84. The minimum absolute atomic E-state index is 0.202. The van der Waals surface area contributed by atoms with Crippen molar-refractivity contribution in [3.05, 3.63) is 29.3 Å². The highest BCUT2D eigenvalue weighted by molar-refractivity contribution is 9.08. The summed E-state index contributed by atoms with van der Waals surface area (Å²) in [6.07, 6.45) is -4.20. The zero-order valence-electron chi connectivity index (χ0n) is 10.7. The Bertz CT molecular complexity index is 402. The van der Waals surface area contributed by atoms with E-state index in [4.69, 9.17) is 0 Å². The second-order valence-electron chi connectivity index (χ2n) is 4.60. The van der Waals surface area contributed by atoms with Gasteiger partial charge in [0, 0.05) is 17.1 Å². The summed E-state index contributed by atoms with van der Waals surface area (Å²) in [5, 5.41) is 0.547. The van der Waals surface area contributed by atoms with Crippen LogP contribution >= 0.6 is 15.9 Å². The first-order chi connectivity index (χ1) is 8.24. The summed E-state index contributed by atoms with van der Waals surface area (Å²) in [5.74, 6) is 0. The number of alkyl halides is 4. The zero-order valence-corrected chi connectivity index (χ0v) is 12.3. The molecule has 0 radical (unpaired) electrons. The summed E-state index contributed by atoms with van der Waals surface area (Å²) in [6.45, 7) is 4.54. The quantitative estimate of drug-likeness (QED) is 0.728. The van der Waals surface area contributed by atoms with Gasteiger partial charge in [0.15, 0.2) is 0 Å². The van der Waals surface area contributed by atoms with Crippen molar-refractivity contribution in [2.24, 2.45) is 0 Å². The molecule has 0 aliphatic rings. The molecule has 1 rings (SSSR count). The SMILES string of the molecule is Cc1ccc(N(CC(F)(F)F)C(C)C)c(CBr)c1. The minimum Gasteiger partial charge on any atom is -0.360 e. The van der Waals surface area contributed by atoms with Crippen LogP contribution in [0.15, 0.2) is 18.2 Å². The summed E-state index contributed by atoms with van der Waals surface area (Å²) in [4.78, 5) is 1.38. The lowest BCUT2D eigenvalue weighted by atomic mass is 10.1. The lowest BCUT2D eigenvalue weighted by Crippen LogP contribution is -2.39. The Morgan fingerprint density at radius 1 is 1.28 bits per heavy atom. The molecule has 1 nitrogen and oxygen atoms in total. The highest BCUT2D eigenvalue weighted by Gasteiger charge is 2.32. The van der Waals surface area contributed by atoms with Gasteiger partial charge in [-0.2, -0.15) is 13.2 Å². The number of hydrogen-bond acceptors (Lipinski definition) is 1. The van der Waals surface area contributed by atoms with Crippen molar-refractivity contribution in [2.75, 3.05) is 11.4 Å². The third-order valence-electron chi connectivity index (χ3n) is 2.66. The molecule has 0 saturated carbocycles. The summed E-state index contributed by atoms with van der Waals surface area (Å²) in [5.41, 5.74) is 2.57. The van der Waals surface area contributed by atoms with Gasteiger partial charge >= 0.3 is 6.18 Å². The first kappa shape index (κ1) is 15.3.